The van der Waals surface area contributed by atoms with Crippen LogP contribution in [0.4, 0.5) is 0 Å². The molecule has 4 nitrogen and oxygen atoms in total. The van der Waals surface area contributed by atoms with Crippen LogP contribution in [0.5, 0.6) is 0 Å². The number of amides is 1. The lowest BCUT2D eigenvalue weighted by Gasteiger charge is -2.57. The van der Waals surface area contributed by atoms with E-state index in [1.807, 2.05) is 14.0 Å². The van der Waals surface area contributed by atoms with Crippen molar-refractivity contribution in [3.63, 3.8) is 0 Å². The van der Waals surface area contributed by atoms with Gasteiger partial charge in [-0.1, -0.05) is 0 Å². The van der Waals surface area contributed by atoms with Gasteiger partial charge in [-0.3, -0.25) is 9.59 Å². The Morgan fingerprint density at radius 3 is 2.30 bits per heavy atom. The van der Waals surface area contributed by atoms with Gasteiger partial charge in [-0.25, -0.2) is 0 Å². The van der Waals surface area contributed by atoms with Gasteiger partial charge in [0.2, 0.25) is 0 Å². The summed E-state index contributed by atoms with van der Waals surface area (Å²) in [6.45, 7) is 2.64. The third kappa shape index (κ3) is 2.62. The molecule has 0 unspecified atom stereocenters. The van der Waals surface area contributed by atoms with Crippen molar-refractivity contribution in [2.24, 2.45) is 23.2 Å². The predicted molar refractivity (Wildman–Crippen MR) is 89.4 cm³/mol. The van der Waals surface area contributed by atoms with Crippen molar-refractivity contribution in [2.75, 3.05) is 13.6 Å². The van der Waals surface area contributed by atoms with Gasteiger partial charge in [0.15, 0.2) is 5.43 Å². The van der Waals surface area contributed by atoms with Crippen molar-refractivity contribution in [3.8, 4) is 0 Å². The second-order valence-electron chi connectivity index (χ2n) is 8.47. The third-order valence-corrected chi connectivity index (χ3v) is 6.37. The Kier molecular flexibility index (Phi) is 3.40. The first-order valence-corrected chi connectivity index (χ1v) is 8.89. The van der Waals surface area contributed by atoms with E-state index < -0.39 is 0 Å². The molecule has 1 N–H and O–H groups in total. The number of carbonyl (C=O) groups is 1. The number of hydrogen-bond donors (Lipinski definition) is 1. The summed E-state index contributed by atoms with van der Waals surface area (Å²) < 4.78 is 0. The molecule has 0 saturated heterocycles. The molecule has 0 radical (unpaired) electrons. The Bertz CT molecular complexity index is 656. The van der Waals surface area contributed by atoms with Crippen LogP contribution in [-0.4, -0.2) is 29.4 Å². The zero-order valence-electron chi connectivity index (χ0n) is 14.1. The van der Waals surface area contributed by atoms with Gasteiger partial charge in [-0.2, -0.15) is 0 Å². The van der Waals surface area contributed by atoms with E-state index in [-0.39, 0.29) is 16.9 Å². The van der Waals surface area contributed by atoms with E-state index in [2.05, 4.69) is 4.98 Å². The van der Waals surface area contributed by atoms with Gasteiger partial charge < -0.3 is 9.88 Å². The molecule has 0 aromatic carbocycles. The topological polar surface area (TPSA) is 53.2 Å². The first-order valence-electron chi connectivity index (χ1n) is 8.89. The molecule has 4 aliphatic carbocycles. The van der Waals surface area contributed by atoms with Crippen molar-refractivity contribution >= 4 is 5.91 Å². The summed E-state index contributed by atoms with van der Waals surface area (Å²) in [6, 6.07) is 1.51. The van der Waals surface area contributed by atoms with Crippen LogP contribution in [0.25, 0.3) is 0 Å². The summed E-state index contributed by atoms with van der Waals surface area (Å²) in [5.41, 5.74) is 1.19. The van der Waals surface area contributed by atoms with Gasteiger partial charge in [0.1, 0.15) is 5.56 Å². The zero-order valence-corrected chi connectivity index (χ0v) is 14.1. The van der Waals surface area contributed by atoms with Gasteiger partial charge in [0.25, 0.3) is 5.91 Å². The molecule has 23 heavy (non-hydrogen) atoms. The largest absolute Gasteiger partial charge is 0.364 e. The smallest absolute Gasteiger partial charge is 0.259 e. The second kappa shape index (κ2) is 5.22. The van der Waals surface area contributed by atoms with E-state index in [0.29, 0.717) is 5.41 Å². The Morgan fingerprint density at radius 2 is 1.78 bits per heavy atom. The fraction of sp³-hybridized carbons (Fsp3) is 0.684. The molecule has 4 fully saturated rings. The van der Waals surface area contributed by atoms with Crippen LogP contribution in [0.3, 0.4) is 0 Å². The lowest BCUT2D eigenvalue weighted by molar-refractivity contribution is -0.0629. The highest BCUT2D eigenvalue weighted by molar-refractivity contribution is 5.93. The van der Waals surface area contributed by atoms with E-state index >= 15 is 0 Å². The van der Waals surface area contributed by atoms with Gasteiger partial charge >= 0.3 is 0 Å². The molecule has 4 saturated carbocycles. The van der Waals surface area contributed by atoms with E-state index in [1.165, 1.54) is 44.6 Å². The quantitative estimate of drug-likeness (QED) is 0.932. The average molecular weight is 314 g/mol. The SMILES string of the molecule is Cc1cc(=O)c(C(=O)N(C)CC23CC4CC(CC(C4)C2)C3)c[nH]1. The third-order valence-electron chi connectivity index (χ3n) is 6.37. The number of H-pyrrole nitrogens is 1. The second-order valence-corrected chi connectivity index (χ2v) is 8.47. The number of aryl methyl sites for hydroxylation is 1. The summed E-state index contributed by atoms with van der Waals surface area (Å²) in [6.07, 6.45) is 9.64. The number of aromatic nitrogens is 1. The first-order chi connectivity index (χ1) is 10.9. The van der Waals surface area contributed by atoms with Crippen LogP contribution in [0.2, 0.25) is 0 Å². The summed E-state index contributed by atoms with van der Waals surface area (Å²) in [7, 11) is 1.86. The minimum absolute atomic E-state index is 0.137. The summed E-state index contributed by atoms with van der Waals surface area (Å²) in [4.78, 5) is 29.6. The minimum atomic E-state index is -0.177. The van der Waals surface area contributed by atoms with E-state index in [0.717, 1.165) is 30.0 Å². The maximum Gasteiger partial charge on any atom is 0.259 e. The van der Waals surface area contributed by atoms with Crippen molar-refractivity contribution in [3.05, 3.63) is 33.7 Å². The Morgan fingerprint density at radius 1 is 1.22 bits per heavy atom. The molecule has 4 heteroatoms. The molecule has 1 aromatic heterocycles. The zero-order chi connectivity index (χ0) is 16.2. The van der Waals surface area contributed by atoms with Crippen molar-refractivity contribution < 1.29 is 4.79 Å². The maximum atomic E-state index is 12.7. The lowest BCUT2D eigenvalue weighted by atomic mass is 9.49. The Labute approximate surface area is 137 Å². The molecule has 0 aliphatic heterocycles. The van der Waals surface area contributed by atoms with Crippen LogP contribution >= 0.6 is 0 Å². The monoisotopic (exact) mass is 314 g/mol. The normalized spacial score (nSPS) is 34.6. The van der Waals surface area contributed by atoms with Crippen molar-refractivity contribution in [2.45, 2.75) is 45.4 Å². The summed E-state index contributed by atoms with van der Waals surface area (Å²) in [5.74, 6) is 2.51. The fourth-order valence-corrected chi connectivity index (χ4v) is 6.00. The molecule has 1 amide bonds. The van der Waals surface area contributed by atoms with Gasteiger partial charge in [0.05, 0.1) is 0 Å². The highest BCUT2D eigenvalue weighted by atomic mass is 16.2. The number of carbonyl (C=O) groups excluding carboxylic acids is 1. The number of nitrogens with one attached hydrogen (secondary N) is 1. The first kappa shape index (κ1) is 15.0. The number of pyridine rings is 1. The van der Waals surface area contributed by atoms with Crippen LogP contribution in [-0.2, 0) is 0 Å². The summed E-state index contributed by atoms with van der Waals surface area (Å²) >= 11 is 0. The highest BCUT2D eigenvalue weighted by Crippen LogP contribution is 2.60. The molecule has 0 spiro atoms. The summed E-state index contributed by atoms with van der Waals surface area (Å²) in [5, 5.41) is 0. The number of hydrogen-bond acceptors (Lipinski definition) is 2. The molecule has 0 atom stereocenters. The van der Waals surface area contributed by atoms with Gasteiger partial charge in [-0.05, 0) is 68.6 Å². The van der Waals surface area contributed by atoms with Crippen LogP contribution in [0, 0.1) is 30.1 Å². The van der Waals surface area contributed by atoms with E-state index in [4.69, 9.17) is 0 Å². The maximum absolute atomic E-state index is 12.7. The predicted octanol–water partition coefficient (Wildman–Crippen LogP) is 2.97. The molecule has 1 aromatic rings. The Balaban J connectivity index is 1.52. The number of nitrogens with zero attached hydrogens (tertiary/aromatic N) is 1. The highest BCUT2D eigenvalue weighted by Gasteiger charge is 2.51. The Hall–Kier alpha value is -1.58. The molecule has 124 valence electrons. The van der Waals surface area contributed by atoms with Crippen LogP contribution in [0.1, 0.15) is 54.6 Å². The van der Waals surface area contributed by atoms with Crippen molar-refractivity contribution in [1.29, 1.82) is 0 Å². The van der Waals surface area contributed by atoms with E-state index in [1.54, 1.807) is 11.1 Å². The van der Waals surface area contributed by atoms with E-state index in [9.17, 15) is 9.59 Å². The standard InChI is InChI=1S/C19H26N2O2/c1-12-3-17(22)16(10-20-12)18(23)21(2)11-19-7-13-4-14(8-19)6-15(5-13)9-19/h3,10,13-15H,4-9,11H2,1-2H3,(H,20,22). The van der Waals surface area contributed by atoms with Gasteiger partial charge in [0, 0.05) is 31.5 Å². The molecular formula is C19H26N2O2. The molecule has 1 heterocycles. The molecular weight excluding hydrogens is 288 g/mol. The van der Waals surface area contributed by atoms with Crippen LogP contribution < -0.4 is 5.43 Å². The molecule has 4 bridgehead atoms. The van der Waals surface area contributed by atoms with Crippen LogP contribution in [0.15, 0.2) is 17.1 Å². The minimum Gasteiger partial charge on any atom is -0.364 e. The average Bonchev–Trinajstić information content (AvgIpc) is 2.44. The fourth-order valence-electron chi connectivity index (χ4n) is 6.00. The molecule has 4 aliphatic rings. The number of aromatic amines is 1. The van der Waals surface area contributed by atoms with Crippen molar-refractivity contribution in [1.82, 2.24) is 9.88 Å². The number of rotatable bonds is 3. The lowest BCUT2D eigenvalue weighted by Crippen LogP contribution is -2.51. The molecule has 5 rings (SSSR count). The van der Waals surface area contributed by atoms with Gasteiger partial charge in [-0.15, -0.1) is 0 Å².